The molecule has 18 heavy (non-hydrogen) atoms. The molecule has 0 fully saturated rings. The molecule has 0 heterocycles. The number of hydrogen-bond acceptors (Lipinski definition) is 1. The van der Waals surface area contributed by atoms with E-state index in [1.807, 2.05) is 36.4 Å². The fourth-order valence-corrected chi connectivity index (χ4v) is 1.81. The smallest absolute Gasteiger partial charge is 0.220 e. The highest BCUT2D eigenvalue weighted by Crippen LogP contribution is 2.05. The monoisotopic (exact) mass is 245 g/mol. The number of carbonyl (C=O) groups excluding carboxylic acids is 1. The molecular formula is C16H23NO. The van der Waals surface area contributed by atoms with Crippen molar-refractivity contribution in [1.29, 1.82) is 0 Å². The number of nitrogens with one attached hydrogen (secondary N) is 1. The zero-order valence-corrected chi connectivity index (χ0v) is 11.0. The molecule has 0 aliphatic heterocycles. The van der Waals surface area contributed by atoms with E-state index in [1.54, 1.807) is 0 Å². The Kier molecular flexibility index (Phi) is 7.61. The molecule has 2 heteroatoms. The third-order valence-corrected chi connectivity index (χ3v) is 2.89. The van der Waals surface area contributed by atoms with E-state index in [9.17, 15) is 4.79 Å². The third-order valence-electron chi connectivity index (χ3n) is 2.89. The van der Waals surface area contributed by atoms with E-state index in [0.29, 0.717) is 13.0 Å². The molecule has 0 saturated heterocycles. The average Bonchev–Trinajstić information content (AvgIpc) is 2.41. The second kappa shape index (κ2) is 9.46. The first kappa shape index (κ1) is 14.5. The molecule has 0 saturated carbocycles. The van der Waals surface area contributed by atoms with Crippen LogP contribution in [-0.4, -0.2) is 5.91 Å². The second-order valence-corrected chi connectivity index (χ2v) is 4.50. The van der Waals surface area contributed by atoms with Crippen molar-refractivity contribution in [2.45, 2.75) is 45.1 Å². The lowest BCUT2D eigenvalue weighted by atomic mass is 10.1. The van der Waals surface area contributed by atoms with Crippen molar-refractivity contribution in [2.24, 2.45) is 0 Å². The summed E-state index contributed by atoms with van der Waals surface area (Å²) in [6.07, 6.45) is 8.17. The fourth-order valence-electron chi connectivity index (χ4n) is 1.81. The number of allylic oxidation sites excluding steroid dienone is 1. The van der Waals surface area contributed by atoms with Gasteiger partial charge in [-0.2, -0.15) is 0 Å². The van der Waals surface area contributed by atoms with Crippen LogP contribution in [0, 0.1) is 0 Å². The molecule has 0 atom stereocenters. The third kappa shape index (κ3) is 6.89. The molecule has 1 rings (SSSR count). The van der Waals surface area contributed by atoms with E-state index in [4.69, 9.17) is 0 Å². The van der Waals surface area contributed by atoms with Gasteiger partial charge in [0.1, 0.15) is 0 Å². The van der Waals surface area contributed by atoms with Crippen molar-refractivity contribution in [1.82, 2.24) is 5.32 Å². The van der Waals surface area contributed by atoms with Crippen LogP contribution in [0.2, 0.25) is 0 Å². The Bertz CT molecular complexity index is 345. The van der Waals surface area contributed by atoms with Crippen LogP contribution in [0.5, 0.6) is 0 Å². The van der Waals surface area contributed by atoms with Gasteiger partial charge < -0.3 is 5.32 Å². The van der Waals surface area contributed by atoms with Crippen LogP contribution in [0.3, 0.4) is 0 Å². The number of benzene rings is 1. The number of amides is 1. The number of carbonyl (C=O) groups is 1. The Morgan fingerprint density at radius 1 is 1.11 bits per heavy atom. The van der Waals surface area contributed by atoms with Crippen molar-refractivity contribution in [3.63, 3.8) is 0 Å². The Morgan fingerprint density at radius 2 is 1.83 bits per heavy atom. The van der Waals surface area contributed by atoms with Gasteiger partial charge in [0.2, 0.25) is 5.91 Å². The van der Waals surface area contributed by atoms with E-state index in [1.165, 1.54) is 12.8 Å². The Labute approximate surface area is 110 Å². The minimum absolute atomic E-state index is 0.155. The maximum Gasteiger partial charge on any atom is 0.220 e. The molecule has 0 spiro atoms. The van der Waals surface area contributed by atoms with Crippen molar-refractivity contribution >= 4 is 5.91 Å². The number of hydrogen-bond donors (Lipinski definition) is 1. The van der Waals surface area contributed by atoms with E-state index >= 15 is 0 Å². The molecule has 0 aromatic heterocycles. The molecule has 2 nitrogen and oxygen atoms in total. The maximum atomic E-state index is 11.6. The summed E-state index contributed by atoms with van der Waals surface area (Å²) in [5, 5.41) is 2.95. The highest BCUT2D eigenvalue weighted by atomic mass is 16.1. The van der Waals surface area contributed by atoms with Gasteiger partial charge in [-0.05, 0) is 24.8 Å². The summed E-state index contributed by atoms with van der Waals surface area (Å²) in [5.74, 6) is 0.155. The van der Waals surface area contributed by atoms with Gasteiger partial charge in [0.15, 0.2) is 0 Å². The molecule has 0 unspecified atom stereocenters. The summed E-state index contributed by atoms with van der Waals surface area (Å²) in [5.41, 5.74) is 1.15. The van der Waals surface area contributed by atoms with Gasteiger partial charge in [0.05, 0.1) is 0 Å². The second-order valence-electron chi connectivity index (χ2n) is 4.50. The van der Waals surface area contributed by atoms with Crippen molar-refractivity contribution in [2.75, 3.05) is 0 Å². The largest absolute Gasteiger partial charge is 0.352 e. The van der Waals surface area contributed by atoms with Gasteiger partial charge in [0.25, 0.3) is 0 Å². The van der Waals surface area contributed by atoms with Crippen molar-refractivity contribution in [3.8, 4) is 0 Å². The summed E-state index contributed by atoms with van der Waals surface area (Å²) >= 11 is 0. The zero-order chi connectivity index (χ0) is 13.1. The first-order valence-corrected chi connectivity index (χ1v) is 6.74. The standard InChI is InChI=1S/C16H23NO/c1-2-3-4-5-6-10-13-16(18)17-14-15-11-8-7-9-12-15/h2,7-9,11-12H,1,3-6,10,13-14H2,(H,17,18). The molecule has 0 aliphatic carbocycles. The van der Waals surface area contributed by atoms with Gasteiger partial charge in [-0.1, -0.05) is 49.2 Å². The lowest BCUT2D eigenvalue weighted by Gasteiger charge is -2.05. The van der Waals surface area contributed by atoms with Crippen molar-refractivity contribution < 1.29 is 4.79 Å². The summed E-state index contributed by atoms with van der Waals surface area (Å²) in [4.78, 5) is 11.6. The van der Waals surface area contributed by atoms with E-state index in [2.05, 4.69) is 11.9 Å². The average molecular weight is 245 g/mol. The van der Waals surface area contributed by atoms with Crippen molar-refractivity contribution in [3.05, 3.63) is 48.6 Å². The minimum atomic E-state index is 0.155. The molecule has 0 bridgehead atoms. The van der Waals surface area contributed by atoms with Crippen LogP contribution in [0.25, 0.3) is 0 Å². The molecule has 1 aromatic rings. The number of unbranched alkanes of at least 4 members (excludes halogenated alkanes) is 4. The van der Waals surface area contributed by atoms with Crippen LogP contribution in [0.1, 0.15) is 44.1 Å². The van der Waals surface area contributed by atoms with Crippen LogP contribution in [0.4, 0.5) is 0 Å². The van der Waals surface area contributed by atoms with Gasteiger partial charge in [-0.3, -0.25) is 4.79 Å². The van der Waals surface area contributed by atoms with Gasteiger partial charge in [-0.25, -0.2) is 0 Å². The quantitative estimate of drug-likeness (QED) is 0.520. The lowest BCUT2D eigenvalue weighted by molar-refractivity contribution is -0.121. The molecule has 0 aliphatic rings. The summed E-state index contributed by atoms with van der Waals surface area (Å²) in [6, 6.07) is 10.0. The Hall–Kier alpha value is -1.57. The highest BCUT2D eigenvalue weighted by molar-refractivity contribution is 5.75. The zero-order valence-electron chi connectivity index (χ0n) is 11.0. The normalized spacial score (nSPS) is 10.0. The maximum absolute atomic E-state index is 11.6. The Balaban J connectivity index is 2.02. The summed E-state index contributed by atoms with van der Waals surface area (Å²) in [7, 11) is 0. The number of rotatable bonds is 9. The summed E-state index contributed by atoms with van der Waals surface area (Å²) in [6.45, 7) is 4.33. The van der Waals surface area contributed by atoms with Crippen LogP contribution >= 0.6 is 0 Å². The van der Waals surface area contributed by atoms with E-state index in [0.717, 1.165) is 24.8 Å². The highest BCUT2D eigenvalue weighted by Gasteiger charge is 2.00. The Morgan fingerprint density at radius 3 is 2.56 bits per heavy atom. The van der Waals surface area contributed by atoms with Crippen LogP contribution in [-0.2, 0) is 11.3 Å². The van der Waals surface area contributed by atoms with Crippen LogP contribution < -0.4 is 5.32 Å². The first-order chi connectivity index (χ1) is 8.83. The molecular weight excluding hydrogens is 222 g/mol. The fraction of sp³-hybridized carbons (Fsp3) is 0.438. The molecule has 0 radical (unpaired) electrons. The molecule has 1 aromatic carbocycles. The summed E-state index contributed by atoms with van der Waals surface area (Å²) < 4.78 is 0. The van der Waals surface area contributed by atoms with Gasteiger partial charge >= 0.3 is 0 Å². The SMILES string of the molecule is C=CCCCCCCC(=O)NCc1ccccc1. The van der Waals surface area contributed by atoms with Gasteiger partial charge in [0, 0.05) is 13.0 Å². The topological polar surface area (TPSA) is 29.1 Å². The van der Waals surface area contributed by atoms with E-state index < -0.39 is 0 Å². The van der Waals surface area contributed by atoms with Crippen LogP contribution in [0.15, 0.2) is 43.0 Å². The van der Waals surface area contributed by atoms with Gasteiger partial charge in [-0.15, -0.1) is 6.58 Å². The molecule has 98 valence electrons. The first-order valence-electron chi connectivity index (χ1n) is 6.74. The van der Waals surface area contributed by atoms with E-state index in [-0.39, 0.29) is 5.91 Å². The molecule has 1 N–H and O–H groups in total. The lowest BCUT2D eigenvalue weighted by Crippen LogP contribution is -2.22. The predicted molar refractivity (Wildman–Crippen MR) is 76.2 cm³/mol. The molecule has 1 amide bonds. The minimum Gasteiger partial charge on any atom is -0.352 e. The predicted octanol–water partition coefficient (Wildman–Crippen LogP) is 3.83.